The molecule has 0 saturated carbocycles. The van der Waals surface area contributed by atoms with Crippen molar-refractivity contribution >= 4 is 39.1 Å². The number of benzene rings is 1. The second-order valence-electron chi connectivity index (χ2n) is 6.31. The van der Waals surface area contributed by atoms with Crippen LogP contribution in [0, 0.1) is 11.7 Å². The molecule has 0 unspecified atom stereocenters. The molecule has 1 aromatic carbocycles. The summed E-state index contributed by atoms with van der Waals surface area (Å²) in [4.78, 5) is 27.8. The SMILES string of the molecule is O=C(NCCc1cccs1)C1CCN(C(=O)c2cc(F)ccc2Br)CC1. The Bertz CT molecular complexity index is 774. The van der Waals surface area contributed by atoms with Gasteiger partial charge in [-0.15, -0.1) is 11.3 Å². The van der Waals surface area contributed by atoms with Crippen LogP contribution in [0.3, 0.4) is 0 Å². The molecule has 0 bridgehead atoms. The molecule has 0 spiro atoms. The molecule has 138 valence electrons. The van der Waals surface area contributed by atoms with Crippen molar-refractivity contribution in [3.05, 3.63) is 56.4 Å². The highest BCUT2D eigenvalue weighted by atomic mass is 79.9. The number of nitrogens with zero attached hydrogens (tertiary/aromatic N) is 1. The zero-order chi connectivity index (χ0) is 18.5. The van der Waals surface area contributed by atoms with Gasteiger partial charge in [0.05, 0.1) is 5.56 Å². The molecular formula is C19H20BrFN2O2S. The van der Waals surface area contributed by atoms with Crippen LogP contribution in [-0.4, -0.2) is 36.3 Å². The normalized spacial score (nSPS) is 15.1. The van der Waals surface area contributed by atoms with E-state index in [1.807, 2.05) is 11.4 Å². The number of likely N-dealkylation sites (tertiary alicyclic amines) is 1. The first-order valence-electron chi connectivity index (χ1n) is 8.59. The number of amides is 2. The molecule has 2 amide bonds. The number of carbonyl (C=O) groups is 2. The van der Waals surface area contributed by atoms with Crippen LogP contribution in [0.15, 0.2) is 40.2 Å². The van der Waals surface area contributed by atoms with E-state index in [1.54, 1.807) is 16.2 Å². The standard InChI is InChI=1S/C19H20BrFN2O2S/c20-17-4-3-14(21)12-16(17)19(25)23-9-6-13(7-10-23)18(24)22-8-5-15-2-1-11-26-15/h1-4,11-13H,5-10H2,(H,22,24). The molecule has 1 aliphatic rings. The Morgan fingerprint density at radius 1 is 1.27 bits per heavy atom. The number of nitrogens with one attached hydrogen (secondary N) is 1. The molecule has 3 rings (SSSR count). The molecule has 1 fully saturated rings. The highest BCUT2D eigenvalue weighted by Gasteiger charge is 2.28. The van der Waals surface area contributed by atoms with E-state index in [4.69, 9.17) is 0 Å². The lowest BCUT2D eigenvalue weighted by Gasteiger charge is -2.31. The van der Waals surface area contributed by atoms with E-state index in [-0.39, 0.29) is 17.7 Å². The first-order valence-corrected chi connectivity index (χ1v) is 10.3. The van der Waals surface area contributed by atoms with Crippen LogP contribution in [0.5, 0.6) is 0 Å². The fourth-order valence-corrected chi connectivity index (χ4v) is 4.21. The summed E-state index contributed by atoms with van der Waals surface area (Å²) in [5.74, 6) is -0.650. The topological polar surface area (TPSA) is 49.4 Å². The number of rotatable bonds is 5. The summed E-state index contributed by atoms with van der Waals surface area (Å²) < 4.78 is 14.0. The van der Waals surface area contributed by atoms with Gasteiger partial charge >= 0.3 is 0 Å². The summed E-state index contributed by atoms with van der Waals surface area (Å²) in [6, 6.07) is 8.16. The van der Waals surface area contributed by atoms with E-state index in [0.717, 1.165) is 6.42 Å². The summed E-state index contributed by atoms with van der Waals surface area (Å²) in [7, 11) is 0. The van der Waals surface area contributed by atoms with Crippen LogP contribution in [0.25, 0.3) is 0 Å². The van der Waals surface area contributed by atoms with Crippen molar-refractivity contribution < 1.29 is 14.0 Å². The molecule has 1 N–H and O–H groups in total. The van der Waals surface area contributed by atoms with E-state index >= 15 is 0 Å². The van der Waals surface area contributed by atoms with Crippen molar-refractivity contribution in [3.63, 3.8) is 0 Å². The van der Waals surface area contributed by atoms with E-state index in [0.29, 0.717) is 42.5 Å². The Morgan fingerprint density at radius 2 is 2.04 bits per heavy atom. The molecule has 0 atom stereocenters. The van der Waals surface area contributed by atoms with E-state index in [1.165, 1.54) is 23.1 Å². The van der Waals surface area contributed by atoms with Crippen LogP contribution in [0.1, 0.15) is 28.1 Å². The quantitative estimate of drug-likeness (QED) is 0.770. The molecule has 26 heavy (non-hydrogen) atoms. The summed E-state index contributed by atoms with van der Waals surface area (Å²) in [5.41, 5.74) is 0.323. The van der Waals surface area contributed by atoms with Crippen LogP contribution in [-0.2, 0) is 11.2 Å². The van der Waals surface area contributed by atoms with Gasteiger partial charge in [-0.2, -0.15) is 0 Å². The highest BCUT2D eigenvalue weighted by Crippen LogP contribution is 2.23. The van der Waals surface area contributed by atoms with E-state index < -0.39 is 5.82 Å². The summed E-state index contributed by atoms with van der Waals surface area (Å²) in [6.45, 7) is 1.64. The number of halogens is 2. The van der Waals surface area contributed by atoms with Crippen LogP contribution in [0.4, 0.5) is 4.39 Å². The lowest BCUT2D eigenvalue weighted by Crippen LogP contribution is -2.43. The largest absolute Gasteiger partial charge is 0.355 e. The smallest absolute Gasteiger partial charge is 0.255 e. The number of carbonyl (C=O) groups excluding carboxylic acids is 2. The first-order chi connectivity index (χ1) is 12.5. The van der Waals surface area contributed by atoms with Crippen molar-refractivity contribution in [2.75, 3.05) is 19.6 Å². The van der Waals surface area contributed by atoms with E-state index in [2.05, 4.69) is 27.3 Å². The van der Waals surface area contributed by atoms with E-state index in [9.17, 15) is 14.0 Å². The Kier molecular flexibility index (Phi) is 6.43. The number of hydrogen-bond acceptors (Lipinski definition) is 3. The van der Waals surface area contributed by atoms with Gasteiger partial charge in [-0.05, 0) is 64.8 Å². The van der Waals surface area contributed by atoms with Crippen molar-refractivity contribution in [1.82, 2.24) is 10.2 Å². The van der Waals surface area contributed by atoms with Gasteiger partial charge in [-0.1, -0.05) is 6.07 Å². The minimum absolute atomic E-state index is 0.0561. The van der Waals surface area contributed by atoms with Gasteiger partial charge in [-0.25, -0.2) is 4.39 Å². The molecule has 0 aliphatic carbocycles. The van der Waals surface area contributed by atoms with Gasteiger partial charge in [-0.3, -0.25) is 9.59 Å². The molecule has 2 aromatic rings. The van der Waals surface area contributed by atoms with Crippen molar-refractivity contribution in [2.24, 2.45) is 5.92 Å². The lowest BCUT2D eigenvalue weighted by atomic mass is 9.95. The average molecular weight is 439 g/mol. The first kappa shape index (κ1) is 19.0. The van der Waals surface area contributed by atoms with Crippen molar-refractivity contribution in [3.8, 4) is 0 Å². The van der Waals surface area contributed by atoms with Crippen molar-refractivity contribution in [2.45, 2.75) is 19.3 Å². The van der Waals surface area contributed by atoms with Gasteiger partial charge < -0.3 is 10.2 Å². The van der Waals surface area contributed by atoms with Gasteiger partial charge in [0, 0.05) is 34.9 Å². The molecular weight excluding hydrogens is 419 g/mol. The summed E-state index contributed by atoms with van der Waals surface area (Å²) in [5, 5.41) is 5.02. The van der Waals surface area contributed by atoms with Crippen LogP contribution >= 0.6 is 27.3 Å². The Balaban J connectivity index is 1.48. The summed E-state index contributed by atoms with van der Waals surface area (Å²) >= 11 is 4.99. The van der Waals surface area contributed by atoms with Crippen LogP contribution in [0.2, 0.25) is 0 Å². The maximum absolute atomic E-state index is 13.4. The Hall–Kier alpha value is -1.73. The fraction of sp³-hybridized carbons (Fsp3) is 0.368. The molecule has 4 nitrogen and oxygen atoms in total. The monoisotopic (exact) mass is 438 g/mol. The average Bonchev–Trinajstić information content (AvgIpc) is 3.16. The summed E-state index contributed by atoms with van der Waals surface area (Å²) in [6.07, 6.45) is 2.10. The number of hydrogen-bond donors (Lipinski definition) is 1. The van der Waals surface area contributed by atoms with Gasteiger partial charge in [0.1, 0.15) is 5.82 Å². The number of thiophene rings is 1. The maximum atomic E-state index is 13.4. The molecule has 7 heteroatoms. The molecule has 1 saturated heterocycles. The predicted molar refractivity (Wildman–Crippen MR) is 104 cm³/mol. The third kappa shape index (κ3) is 4.71. The Morgan fingerprint density at radius 3 is 2.73 bits per heavy atom. The predicted octanol–water partition coefficient (Wildman–Crippen LogP) is 3.86. The zero-order valence-electron chi connectivity index (χ0n) is 14.2. The minimum Gasteiger partial charge on any atom is -0.355 e. The third-order valence-corrected chi connectivity index (χ3v) is 6.19. The Labute approximate surface area is 164 Å². The minimum atomic E-state index is -0.434. The number of piperidine rings is 1. The molecule has 1 aromatic heterocycles. The fourth-order valence-electron chi connectivity index (χ4n) is 3.08. The molecule has 0 radical (unpaired) electrons. The van der Waals surface area contributed by atoms with Gasteiger partial charge in [0.2, 0.25) is 5.91 Å². The van der Waals surface area contributed by atoms with Crippen molar-refractivity contribution in [1.29, 1.82) is 0 Å². The second kappa shape index (κ2) is 8.77. The lowest BCUT2D eigenvalue weighted by molar-refractivity contribution is -0.126. The van der Waals surface area contributed by atoms with Gasteiger partial charge in [0.15, 0.2) is 0 Å². The maximum Gasteiger partial charge on any atom is 0.255 e. The third-order valence-electron chi connectivity index (χ3n) is 4.56. The zero-order valence-corrected chi connectivity index (χ0v) is 16.6. The molecule has 2 heterocycles. The molecule has 1 aliphatic heterocycles. The van der Waals surface area contributed by atoms with Gasteiger partial charge in [0.25, 0.3) is 5.91 Å². The van der Waals surface area contributed by atoms with Crippen LogP contribution < -0.4 is 5.32 Å². The second-order valence-corrected chi connectivity index (χ2v) is 8.20. The highest BCUT2D eigenvalue weighted by molar-refractivity contribution is 9.10.